The Balaban J connectivity index is 0.00000225. The lowest BCUT2D eigenvalue weighted by molar-refractivity contribution is 0.101. The van der Waals surface area contributed by atoms with Crippen LogP contribution in [-0.4, -0.2) is 29.4 Å². The van der Waals surface area contributed by atoms with Gasteiger partial charge in [-0.05, 0) is 43.6 Å². The number of phenols is 1. The Bertz CT molecular complexity index is 771. The summed E-state index contributed by atoms with van der Waals surface area (Å²) in [4.78, 5) is 15.7. The molecule has 3 rings (SSSR count). The van der Waals surface area contributed by atoms with Crippen molar-refractivity contribution in [1.29, 1.82) is 0 Å². The molecule has 1 aliphatic rings. The largest absolute Gasteiger partial charge is 0.507 e. The zero-order valence-electron chi connectivity index (χ0n) is 14.3. The molecule has 1 aliphatic heterocycles. The second kappa shape index (κ2) is 8.52. The van der Waals surface area contributed by atoms with Gasteiger partial charge in [-0.2, -0.15) is 0 Å². The molecule has 0 unspecified atom stereocenters. The second-order valence-corrected chi connectivity index (χ2v) is 6.97. The van der Waals surface area contributed by atoms with Gasteiger partial charge >= 0.3 is 0 Å². The molecule has 0 fully saturated rings. The molecule has 0 amide bonds. The summed E-state index contributed by atoms with van der Waals surface area (Å²) in [5.74, 6) is 0.847. The average molecular weight is 380 g/mol. The summed E-state index contributed by atoms with van der Waals surface area (Å²) in [7, 11) is 2.01. The third kappa shape index (κ3) is 4.24. The van der Waals surface area contributed by atoms with Crippen LogP contribution in [-0.2, 0) is 6.54 Å². The Hall–Kier alpha value is -1.82. The lowest BCUT2D eigenvalue weighted by Crippen LogP contribution is -2.19. The smallest absolute Gasteiger partial charge is 0.232 e. The van der Waals surface area contributed by atoms with Gasteiger partial charge in [-0.1, -0.05) is 19.4 Å². The summed E-state index contributed by atoms with van der Waals surface area (Å²) in [5, 5.41) is 12.2. The van der Waals surface area contributed by atoms with Gasteiger partial charge in [-0.15, -0.1) is 23.7 Å². The standard InChI is InChI=1S/C19H21NO3S.ClH/c1-3-4-9-20(2)12-15-16(21)8-7-14-18(22)17(23-19(14)15)11-13-6-5-10-24-13;/h5-8,10-11,21H,3-4,9,12H2,1-2H3;1H/b17-11-;. The molecule has 0 spiro atoms. The van der Waals surface area contributed by atoms with Crippen molar-refractivity contribution in [1.82, 2.24) is 4.90 Å². The molecule has 0 atom stereocenters. The maximum Gasteiger partial charge on any atom is 0.232 e. The Morgan fingerprint density at radius 3 is 2.80 bits per heavy atom. The fourth-order valence-electron chi connectivity index (χ4n) is 2.73. The lowest BCUT2D eigenvalue weighted by Gasteiger charge is -2.18. The van der Waals surface area contributed by atoms with Gasteiger partial charge in [0, 0.05) is 17.5 Å². The second-order valence-electron chi connectivity index (χ2n) is 5.99. The number of halogens is 1. The first-order valence-electron chi connectivity index (χ1n) is 8.11. The van der Waals surface area contributed by atoms with Crippen LogP contribution in [0.15, 0.2) is 35.4 Å². The number of hydrogen-bond acceptors (Lipinski definition) is 5. The normalized spacial score (nSPS) is 14.5. The van der Waals surface area contributed by atoms with Crippen LogP contribution in [0.3, 0.4) is 0 Å². The van der Waals surface area contributed by atoms with Gasteiger partial charge in [0.15, 0.2) is 5.76 Å². The number of carbonyl (C=O) groups is 1. The van der Waals surface area contributed by atoms with Crippen LogP contribution in [0, 0.1) is 0 Å². The van der Waals surface area contributed by atoms with Crippen LogP contribution in [0.5, 0.6) is 11.5 Å². The maximum atomic E-state index is 12.6. The van der Waals surface area contributed by atoms with E-state index in [4.69, 9.17) is 4.74 Å². The number of thiophene rings is 1. The number of fused-ring (bicyclic) bond motifs is 1. The fourth-order valence-corrected chi connectivity index (χ4v) is 3.38. The number of aromatic hydroxyl groups is 1. The zero-order chi connectivity index (χ0) is 17.1. The molecule has 134 valence electrons. The summed E-state index contributed by atoms with van der Waals surface area (Å²) < 4.78 is 5.84. The number of phenolic OH excluding ortho intramolecular Hbond substituents is 1. The number of carbonyl (C=O) groups excluding carboxylic acids is 1. The van der Waals surface area contributed by atoms with Gasteiger partial charge in [-0.3, -0.25) is 4.79 Å². The van der Waals surface area contributed by atoms with Crippen molar-refractivity contribution >= 4 is 35.6 Å². The summed E-state index contributed by atoms with van der Waals surface area (Å²) in [6.07, 6.45) is 3.97. The van der Waals surface area contributed by atoms with Crippen molar-refractivity contribution in [2.45, 2.75) is 26.3 Å². The number of ether oxygens (including phenoxy) is 1. The fraction of sp³-hybridized carbons (Fsp3) is 0.316. The van der Waals surface area contributed by atoms with Crippen molar-refractivity contribution in [2.24, 2.45) is 0 Å². The number of unbranched alkanes of at least 4 members (excludes halogenated alkanes) is 1. The number of allylic oxidation sites excluding steroid dienone is 1. The van der Waals surface area contributed by atoms with Crippen LogP contribution in [0.1, 0.15) is 40.6 Å². The number of ketones is 1. The van der Waals surface area contributed by atoms with Crippen molar-refractivity contribution < 1.29 is 14.6 Å². The van der Waals surface area contributed by atoms with E-state index in [9.17, 15) is 9.90 Å². The van der Waals surface area contributed by atoms with Gasteiger partial charge < -0.3 is 14.7 Å². The van der Waals surface area contributed by atoms with Crippen molar-refractivity contribution in [3.63, 3.8) is 0 Å². The van der Waals surface area contributed by atoms with E-state index < -0.39 is 0 Å². The molecular weight excluding hydrogens is 358 g/mol. The van der Waals surface area contributed by atoms with Crippen LogP contribution < -0.4 is 4.74 Å². The quantitative estimate of drug-likeness (QED) is 0.737. The molecule has 6 heteroatoms. The third-order valence-corrected chi connectivity index (χ3v) is 4.87. The van der Waals surface area contributed by atoms with Gasteiger partial charge in [0.05, 0.1) is 11.1 Å². The van der Waals surface area contributed by atoms with Crippen molar-refractivity contribution in [2.75, 3.05) is 13.6 Å². The van der Waals surface area contributed by atoms with Gasteiger partial charge in [0.1, 0.15) is 11.5 Å². The molecule has 25 heavy (non-hydrogen) atoms. The average Bonchev–Trinajstić information content (AvgIpc) is 3.18. The molecule has 0 aliphatic carbocycles. The minimum Gasteiger partial charge on any atom is -0.507 e. The van der Waals surface area contributed by atoms with E-state index >= 15 is 0 Å². The van der Waals surface area contributed by atoms with Crippen LogP contribution in [0.4, 0.5) is 0 Å². The first-order valence-corrected chi connectivity index (χ1v) is 8.99. The Morgan fingerprint density at radius 1 is 1.32 bits per heavy atom. The van der Waals surface area contributed by atoms with Gasteiger partial charge in [0.25, 0.3) is 0 Å². The van der Waals surface area contributed by atoms with E-state index in [1.165, 1.54) is 0 Å². The minimum absolute atomic E-state index is 0. The zero-order valence-corrected chi connectivity index (χ0v) is 16.0. The Labute approximate surface area is 158 Å². The topological polar surface area (TPSA) is 49.8 Å². The summed E-state index contributed by atoms with van der Waals surface area (Å²) in [5.41, 5.74) is 1.20. The third-order valence-electron chi connectivity index (χ3n) is 4.05. The molecule has 1 aromatic heterocycles. The van der Waals surface area contributed by atoms with Crippen molar-refractivity contribution in [3.8, 4) is 11.5 Å². The number of Topliss-reactive ketones (excluding diaryl/α,β-unsaturated/α-hetero) is 1. The number of benzene rings is 1. The first-order chi connectivity index (χ1) is 11.6. The highest BCUT2D eigenvalue weighted by atomic mass is 35.5. The SMILES string of the molecule is CCCCN(C)Cc1c(O)ccc2c1O/C(=C\c1cccs1)C2=O.Cl. The Morgan fingerprint density at radius 2 is 2.12 bits per heavy atom. The van der Waals surface area contributed by atoms with Crippen LogP contribution in [0.25, 0.3) is 6.08 Å². The molecule has 2 heterocycles. The molecule has 0 radical (unpaired) electrons. The highest BCUT2D eigenvalue weighted by molar-refractivity contribution is 7.10. The Kier molecular flexibility index (Phi) is 6.64. The molecule has 0 saturated carbocycles. The summed E-state index contributed by atoms with van der Waals surface area (Å²) in [6, 6.07) is 7.09. The molecule has 2 aromatic rings. The van der Waals surface area contributed by atoms with Crippen LogP contribution >= 0.6 is 23.7 Å². The number of nitrogens with zero attached hydrogens (tertiary/aromatic N) is 1. The van der Waals surface area contributed by atoms with Crippen molar-refractivity contribution in [3.05, 3.63) is 51.4 Å². The van der Waals surface area contributed by atoms with E-state index in [1.807, 2.05) is 24.6 Å². The predicted molar refractivity (Wildman–Crippen MR) is 104 cm³/mol. The molecule has 0 saturated heterocycles. The minimum atomic E-state index is -0.129. The molecule has 1 aromatic carbocycles. The van der Waals surface area contributed by atoms with Gasteiger partial charge in [-0.25, -0.2) is 0 Å². The number of hydrogen-bond donors (Lipinski definition) is 1. The summed E-state index contributed by atoms with van der Waals surface area (Å²) in [6.45, 7) is 3.63. The lowest BCUT2D eigenvalue weighted by atomic mass is 10.0. The monoisotopic (exact) mass is 379 g/mol. The summed E-state index contributed by atoms with van der Waals surface area (Å²) >= 11 is 1.55. The maximum absolute atomic E-state index is 12.6. The van der Waals surface area contributed by atoms with E-state index in [2.05, 4.69) is 11.8 Å². The first kappa shape index (κ1) is 19.5. The van der Waals surface area contributed by atoms with Crippen LogP contribution in [0.2, 0.25) is 0 Å². The van der Waals surface area contributed by atoms with E-state index in [-0.39, 0.29) is 23.9 Å². The van der Waals surface area contributed by atoms with Gasteiger partial charge in [0.2, 0.25) is 5.78 Å². The molecule has 4 nitrogen and oxygen atoms in total. The van der Waals surface area contributed by atoms with E-state index in [0.717, 1.165) is 24.3 Å². The molecule has 0 bridgehead atoms. The highest BCUT2D eigenvalue weighted by Gasteiger charge is 2.31. The van der Waals surface area contributed by atoms with E-state index in [0.29, 0.717) is 29.2 Å². The molecular formula is C19H22ClNO3S. The van der Waals surface area contributed by atoms with E-state index in [1.54, 1.807) is 29.5 Å². The highest BCUT2D eigenvalue weighted by Crippen LogP contribution is 2.40. The number of rotatable bonds is 6. The predicted octanol–water partition coefficient (Wildman–Crippen LogP) is 4.72. The molecule has 1 N–H and O–H groups in total.